The van der Waals surface area contributed by atoms with Crippen molar-refractivity contribution >= 4 is 17.7 Å². The number of hydrogen-bond donors (Lipinski definition) is 0. The number of carbonyl (C=O) groups excluding carboxylic acids is 1. The van der Waals surface area contributed by atoms with Crippen molar-refractivity contribution in [3.8, 4) is 22.8 Å². The maximum atomic E-state index is 13.3. The number of aromatic nitrogens is 5. The summed E-state index contributed by atoms with van der Waals surface area (Å²) in [6, 6.07) is 15.4. The molecule has 0 unspecified atom stereocenters. The Kier molecular flexibility index (Phi) is 6.45. The van der Waals surface area contributed by atoms with Crippen LogP contribution in [0.15, 0.2) is 71.6 Å². The Labute approximate surface area is 215 Å². The van der Waals surface area contributed by atoms with Crippen LogP contribution in [0.2, 0.25) is 0 Å². The van der Waals surface area contributed by atoms with Crippen LogP contribution in [0, 0.1) is 5.92 Å². The van der Waals surface area contributed by atoms with Crippen LogP contribution in [-0.4, -0.2) is 75.2 Å². The number of pyridine rings is 1. The number of carbonyl (C=O) groups is 1. The second kappa shape index (κ2) is 10.3. The molecule has 10 heteroatoms. The summed E-state index contributed by atoms with van der Waals surface area (Å²) >= 11 is 0. The highest BCUT2D eigenvalue weighted by atomic mass is 16.5. The molecule has 2 saturated heterocycles. The minimum absolute atomic E-state index is 0.0241. The Morgan fingerprint density at radius 2 is 1.51 bits per heavy atom. The fraction of sp³-hybridized carbons (Fsp3) is 0.333. The lowest BCUT2D eigenvalue weighted by molar-refractivity contribution is -0.136. The van der Waals surface area contributed by atoms with E-state index in [-0.39, 0.29) is 11.8 Å². The first kappa shape index (κ1) is 23.1. The molecule has 37 heavy (non-hydrogen) atoms. The van der Waals surface area contributed by atoms with Gasteiger partial charge in [0.15, 0.2) is 0 Å². The summed E-state index contributed by atoms with van der Waals surface area (Å²) in [7, 11) is 0. The van der Waals surface area contributed by atoms with Crippen LogP contribution in [0.1, 0.15) is 12.8 Å². The lowest BCUT2D eigenvalue weighted by atomic mass is 9.94. The largest absolute Gasteiger partial charge is 0.356 e. The van der Waals surface area contributed by atoms with Crippen molar-refractivity contribution < 1.29 is 9.32 Å². The number of hydrogen-bond acceptors (Lipinski definition) is 9. The zero-order valence-electron chi connectivity index (χ0n) is 20.5. The average Bonchev–Trinajstić information content (AvgIpc) is 3.48. The molecule has 3 aromatic heterocycles. The molecule has 0 spiro atoms. The van der Waals surface area contributed by atoms with Gasteiger partial charge in [-0.25, -0.2) is 15.0 Å². The summed E-state index contributed by atoms with van der Waals surface area (Å²) < 4.78 is 5.61. The summed E-state index contributed by atoms with van der Waals surface area (Å²) in [5.74, 6) is 2.81. The van der Waals surface area contributed by atoms with Gasteiger partial charge in [-0.2, -0.15) is 4.98 Å². The average molecular weight is 497 g/mol. The third kappa shape index (κ3) is 4.87. The maximum Gasteiger partial charge on any atom is 0.261 e. The molecule has 6 rings (SSSR count). The van der Waals surface area contributed by atoms with Crippen molar-refractivity contribution in [3.63, 3.8) is 0 Å². The molecule has 1 amide bonds. The molecule has 2 aliphatic rings. The van der Waals surface area contributed by atoms with E-state index in [1.54, 1.807) is 18.6 Å². The van der Waals surface area contributed by atoms with E-state index in [1.807, 2.05) is 53.4 Å². The van der Waals surface area contributed by atoms with Crippen molar-refractivity contribution in [2.75, 3.05) is 49.1 Å². The third-order valence-electron chi connectivity index (χ3n) is 7.05. The van der Waals surface area contributed by atoms with Crippen LogP contribution in [0.5, 0.6) is 0 Å². The fourth-order valence-corrected chi connectivity index (χ4v) is 5.03. The minimum Gasteiger partial charge on any atom is -0.356 e. The van der Waals surface area contributed by atoms with Crippen LogP contribution in [0.4, 0.5) is 11.8 Å². The van der Waals surface area contributed by atoms with Crippen LogP contribution in [0.25, 0.3) is 22.8 Å². The van der Waals surface area contributed by atoms with Crippen molar-refractivity contribution in [2.45, 2.75) is 12.8 Å². The van der Waals surface area contributed by atoms with Gasteiger partial charge in [-0.1, -0.05) is 35.5 Å². The molecule has 1 aromatic carbocycles. The van der Waals surface area contributed by atoms with E-state index in [1.165, 1.54) is 0 Å². The predicted molar refractivity (Wildman–Crippen MR) is 139 cm³/mol. The van der Waals surface area contributed by atoms with E-state index in [2.05, 4.69) is 34.9 Å². The van der Waals surface area contributed by atoms with E-state index in [9.17, 15) is 4.79 Å². The fourth-order valence-electron chi connectivity index (χ4n) is 5.03. The molecule has 5 heterocycles. The first-order chi connectivity index (χ1) is 18.3. The van der Waals surface area contributed by atoms with E-state index >= 15 is 0 Å². The summed E-state index contributed by atoms with van der Waals surface area (Å²) in [4.78, 5) is 37.5. The SMILES string of the molecule is O=C(C1CCN(c2ncccc2-c2nc(-c3ccccc3)no2)CC1)N1CCN(c2ncccn2)CC1. The Bertz CT molecular complexity index is 1330. The van der Waals surface area contributed by atoms with Gasteiger partial charge in [-0.05, 0) is 31.0 Å². The van der Waals surface area contributed by atoms with Crippen LogP contribution in [-0.2, 0) is 4.79 Å². The zero-order chi connectivity index (χ0) is 25.0. The standard InChI is InChI=1S/C27H28N8O2/c36-26(34-16-18-35(19-17-34)27-29-12-5-13-30-27)21-9-14-33(15-10-21)24-22(8-4-11-28-24)25-31-23(32-37-25)20-6-2-1-3-7-20/h1-8,11-13,21H,9-10,14-19H2. The molecule has 188 valence electrons. The molecule has 0 aliphatic carbocycles. The molecular weight excluding hydrogens is 468 g/mol. The van der Waals surface area contributed by atoms with E-state index in [0.29, 0.717) is 24.8 Å². The van der Waals surface area contributed by atoms with E-state index in [4.69, 9.17) is 4.52 Å². The second-order valence-electron chi connectivity index (χ2n) is 9.29. The summed E-state index contributed by atoms with van der Waals surface area (Å²) in [5, 5.41) is 4.17. The maximum absolute atomic E-state index is 13.3. The van der Waals surface area contributed by atoms with Gasteiger partial charge in [-0.15, -0.1) is 0 Å². The van der Waals surface area contributed by atoms with Gasteiger partial charge in [0.05, 0.1) is 5.56 Å². The van der Waals surface area contributed by atoms with Gasteiger partial charge in [-0.3, -0.25) is 4.79 Å². The van der Waals surface area contributed by atoms with Crippen LogP contribution < -0.4 is 9.80 Å². The third-order valence-corrected chi connectivity index (χ3v) is 7.05. The first-order valence-corrected chi connectivity index (χ1v) is 12.7. The van der Waals surface area contributed by atoms with Gasteiger partial charge in [0.1, 0.15) is 5.82 Å². The van der Waals surface area contributed by atoms with Gasteiger partial charge in [0.25, 0.3) is 5.89 Å². The molecule has 0 radical (unpaired) electrons. The monoisotopic (exact) mass is 496 g/mol. The molecule has 0 bridgehead atoms. The minimum atomic E-state index is 0.0241. The summed E-state index contributed by atoms with van der Waals surface area (Å²) in [6.45, 7) is 4.39. The molecular formula is C27H28N8O2. The van der Waals surface area contributed by atoms with Gasteiger partial charge < -0.3 is 19.2 Å². The smallest absolute Gasteiger partial charge is 0.261 e. The number of piperidine rings is 1. The van der Waals surface area contributed by atoms with Gasteiger partial charge >= 0.3 is 0 Å². The lowest BCUT2D eigenvalue weighted by Gasteiger charge is -2.39. The molecule has 0 atom stereocenters. The quantitative estimate of drug-likeness (QED) is 0.412. The molecule has 0 N–H and O–H groups in total. The Morgan fingerprint density at radius 3 is 2.27 bits per heavy atom. The van der Waals surface area contributed by atoms with Crippen LogP contribution in [0.3, 0.4) is 0 Å². The number of nitrogens with zero attached hydrogens (tertiary/aromatic N) is 8. The van der Waals surface area contributed by atoms with Crippen LogP contribution >= 0.6 is 0 Å². The van der Waals surface area contributed by atoms with Crippen molar-refractivity contribution in [2.24, 2.45) is 5.92 Å². The zero-order valence-corrected chi connectivity index (χ0v) is 20.5. The molecule has 10 nitrogen and oxygen atoms in total. The van der Waals surface area contributed by atoms with Crippen molar-refractivity contribution in [1.29, 1.82) is 0 Å². The second-order valence-corrected chi connectivity index (χ2v) is 9.29. The molecule has 0 saturated carbocycles. The number of rotatable bonds is 5. The van der Waals surface area contributed by atoms with E-state index in [0.717, 1.165) is 61.9 Å². The molecule has 4 aromatic rings. The number of anilines is 2. The Morgan fingerprint density at radius 1 is 0.784 bits per heavy atom. The Hall–Kier alpha value is -4.34. The predicted octanol–water partition coefficient (Wildman–Crippen LogP) is 3.15. The highest BCUT2D eigenvalue weighted by molar-refractivity contribution is 5.80. The number of amides is 1. The van der Waals surface area contributed by atoms with Gasteiger partial charge in [0, 0.05) is 69.3 Å². The Balaban J connectivity index is 1.08. The normalized spacial score (nSPS) is 16.7. The summed E-state index contributed by atoms with van der Waals surface area (Å²) in [6.07, 6.45) is 6.86. The summed E-state index contributed by atoms with van der Waals surface area (Å²) in [5.41, 5.74) is 1.71. The van der Waals surface area contributed by atoms with Crippen molar-refractivity contribution in [3.05, 3.63) is 67.1 Å². The lowest BCUT2D eigenvalue weighted by Crippen LogP contribution is -2.52. The number of benzene rings is 1. The number of piperazine rings is 1. The van der Waals surface area contributed by atoms with E-state index < -0.39 is 0 Å². The molecule has 2 fully saturated rings. The topological polar surface area (TPSA) is 104 Å². The van der Waals surface area contributed by atoms with Gasteiger partial charge in [0.2, 0.25) is 17.7 Å². The molecule has 2 aliphatic heterocycles. The highest BCUT2D eigenvalue weighted by Crippen LogP contribution is 2.32. The highest BCUT2D eigenvalue weighted by Gasteiger charge is 2.32. The van der Waals surface area contributed by atoms with Crippen molar-refractivity contribution in [1.82, 2.24) is 30.0 Å². The first-order valence-electron chi connectivity index (χ1n) is 12.7.